The minimum atomic E-state index is -1.71. The van der Waals surface area contributed by atoms with Gasteiger partial charge in [-0.2, -0.15) is 0 Å². The van der Waals surface area contributed by atoms with Crippen molar-refractivity contribution in [2.75, 3.05) is 26.2 Å². The second-order valence-electron chi connectivity index (χ2n) is 3.40. The number of aliphatic carboxylic acids is 1. The summed E-state index contributed by atoms with van der Waals surface area (Å²) >= 11 is 0. The van der Waals surface area contributed by atoms with Crippen molar-refractivity contribution >= 4 is 17.8 Å². The van der Waals surface area contributed by atoms with Crippen molar-refractivity contribution in [1.82, 2.24) is 9.80 Å². The second-order valence-corrected chi connectivity index (χ2v) is 3.40. The zero-order valence-corrected chi connectivity index (χ0v) is 8.37. The van der Waals surface area contributed by atoms with E-state index in [1.54, 1.807) is 0 Å². The van der Waals surface area contributed by atoms with Crippen molar-refractivity contribution in [3.05, 3.63) is 0 Å². The third kappa shape index (κ3) is 3.17. The van der Waals surface area contributed by atoms with Crippen molar-refractivity contribution in [2.45, 2.75) is 6.29 Å². The summed E-state index contributed by atoms with van der Waals surface area (Å²) in [5, 5.41) is 25.8. The van der Waals surface area contributed by atoms with Crippen LogP contribution >= 0.6 is 0 Å². The molecule has 0 radical (unpaired) electrons. The molecular formula is C8H12N2O6. The Labute approximate surface area is 90.7 Å². The van der Waals surface area contributed by atoms with Gasteiger partial charge in [-0.25, -0.2) is 0 Å². The number of hydrogen-bond acceptors (Lipinski definition) is 5. The van der Waals surface area contributed by atoms with Crippen molar-refractivity contribution in [3.63, 3.8) is 0 Å². The Balaban J connectivity index is 2.60. The number of carboxylic acids is 1. The Morgan fingerprint density at radius 1 is 1.19 bits per heavy atom. The Morgan fingerprint density at radius 3 is 2.19 bits per heavy atom. The van der Waals surface area contributed by atoms with E-state index in [0.717, 1.165) is 9.80 Å². The first-order valence-electron chi connectivity index (χ1n) is 4.53. The van der Waals surface area contributed by atoms with Gasteiger partial charge in [-0.15, -0.1) is 0 Å². The van der Waals surface area contributed by atoms with Crippen LogP contribution in [-0.2, 0) is 14.4 Å². The van der Waals surface area contributed by atoms with Gasteiger partial charge in [0.05, 0.1) is 6.54 Å². The predicted molar refractivity (Wildman–Crippen MR) is 49.0 cm³/mol. The topological polar surface area (TPSA) is 118 Å². The molecule has 0 saturated carbocycles. The number of hydrogen-bond donors (Lipinski definition) is 3. The van der Waals surface area contributed by atoms with Gasteiger partial charge in [0.15, 0.2) is 6.29 Å². The van der Waals surface area contributed by atoms with E-state index in [0.29, 0.717) is 0 Å². The van der Waals surface area contributed by atoms with Gasteiger partial charge < -0.3 is 25.1 Å². The molecule has 0 aromatic rings. The molecule has 2 amide bonds. The standard InChI is InChI=1S/C8H12N2O6/c11-5-1-9(3-7(13)14)6(12)2-10(5)4-8(15)16/h7,13-14H,1-4H2,(H,15,16). The summed E-state index contributed by atoms with van der Waals surface area (Å²) < 4.78 is 0. The number of rotatable bonds is 4. The lowest BCUT2D eigenvalue weighted by molar-refractivity contribution is -0.158. The summed E-state index contributed by atoms with van der Waals surface area (Å²) in [6.07, 6.45) is -1.71. The number of amides is 2. The van der Waals surface area contributed by atoms with Crippen LogP contribution in [0.2, 0.25) is 0 Å². The van der Waals surface area contributed by atoms with Gasteiger partial charge in [-0.05, 0) is 0 Å². The fourth-order valence-electron chi connectivity index (χ4n) is 1.37. The maximum absolute atomic E-state index is 11.4. The Morgan fingerprint density at radius 2 is 1.69 bits per heavy atom. The molecule has 1 rings (SSSR count). The summed E-state index contributed by atoms with van der Waals surface area (Å²) in [7, 11) is 0. The molecule has 1 fully saturated rings. The van der Waals surface area contributed by atoms with Gasteiger partial charge in [0.2, 0.25) is 11.8 Å². The molecule has 0 spiro atoms. The molecule has 0 unspecified atom stereocenters. The molecule has 1 aliphatic rings. The van der Waals surface area contributed by atoms with Crippen LogP contribution < -0.4 is 0 Å². The lowest BCUT2D eigenvalue weighted by Crippen LogP contribution is -2.56. The highest BCUT2D eigenvalue weighted by Gasteiger charge is 2.31. The van der Waals surface area contributed by atoms with E-state index in [1.165, 1.54) is 0 Å². The Bertz CT molecular complexity index is 316. The third-order valence-electron chi connectivity index (χ3n) is 2.07. The molecule has 16 heavy (non-hydrogen) atoms. The van der Waals surface area contributed by atoms with E-state index in [1.807, 2.05) is 0 Å². The van der Waals surface area contributed by atoms with Crippen LogP contribution in [0.1, 0.15) is 0 Å². The van der Waals surface area contributed by atoms with Gasteiger partial charge in [-0.3, -0.25) is 14.4 Å². The van der Waals surface area contributed by atoms with E-state index >= 15 is 0 Å². The molecule has 0 aliphatic carbocycles. The van der Waals surface area contributed by atoms with E-state index in [2.05, 4.69) is 0 Å². The summed E-state index contributed by atoms with van der Waals surface area (Å²) in [5.41, 5.74) is 0. The van der Waals surface area contributed by atoms with Crippen LogP contribution in [0, 0.1) is 0 Å². The van der Waals surface area contributed by atoms with Crippen LogP contribution in [0.25, 0.3) is 0 Å². The van der Waals surface area contributed by atoms with Crippen molar-refractivity contribution < 1.29 is 29.7 Å². The first-order valence-corrected chi connectivity index (χ1v) is 4.53. The monoisotopic (exact) mass is 232 g/mol. The van der Waals surface area contributed by atoms with Crippen LogP contribution in [0.15, 0.2) is 0 Å². The Kier molecular flexibility index (Phi) is 3.80. The average molecular weight is 232 g/mol. The van der Waals surface area contributed by atoms with Crippen LogP contribution in [0.5, 0.6) is 0 Å². The summed E-state index contributed by atoms with van der Waals surface area (Å²) in [4.78, 5) is 35.0. The van der Waals surface area contributed by atoms with Crippen molar-refractivity contribution in [3.8, 4) is 0 Å². The minimum Gasteiger partial charge on any atom is -0.480 e. The number of carbonyl (C=O) groups is 3. The summed E-state index contributed by atoms with van der Waals surface area (Å²) in [6.45, 7) is -1.56. The maximum atomic E-state index is 11.4. The van der Waals surface area contributed by atoms with E-state index in [-0.39, 0.29) is 19.6 Å². The van der Waals surface area contributed by atoms with Crippen LogP contribution in [-0.4, -0.2) is 75.4 Å². The molecule has 0 atom stereocenters. The number of carboxylic acid groups (broad SMARTS) is 1. The number of aliphatic hydroxyl groups excluding tert-OH is 1. The molecular weight excluding hydrogens is 220 g/mol. The lowest BCUT2D eigenvalue weighted by atomic mass is 10.3. The third-order valence-corrected chi connectivity index (χ3v) is 2.07. The molecule has 8 heteroatoms. The highest BCUT2D eigenvalue weighted by atomic mass is 16.5. The van der Waals surface area contributed by atoms with Gasteiger partial charge in [0.25, 0.3) is 0 Å². The molecule has 0 aromatic carbocycles. The Hall–Kier alpha value is -1.67. The van der Waals surface area contributed by atoms with Crippen LogP contribution in [0.4, 0.5) is 0 Å². The van der Waals surface area contributed by atoms with Crippen molar-refractivity contribution in [2.24, 2.45) is 0 Å². The zero-order chi connectivity index (χ0) is 12.3. The molecule has 0 bridgehead atoms. The number of β-amino-alcohol motifs (C(OH)–C–C–N with tert-alkyl or cyclic N) is 2. The largest absolute Gasteiger partial charge is 0.480 e. The highest BCUT2D eigenvalue weighted by molar-refractivity contribution is 5.94. The molecule has 3 N–H and O–H groups in total. The molecule has 1 aliphatic heterocycles. The number of carbonyl (C=O) groups excluding carboxylic acids is 2. The molecule has 0 aromatic heterocycles. The quantitative estimate of drug-likeness (QED) is 0.446. The van der Waals surface area contributed by atoms with E-state index < -0.39 is 30.6 Å². The summed E-state index contributed by atoms with van der Waals surface area (Å²) in [6, 6.07) is 0. The van der Waals surface area contributed by atoms with Crippen LogP contribution in [0.3, 0.4) is 0 Å². The molecule has 1 heterocycles. The highest BCUT2D eigenvalue weighted by Crippen LogP contribution is 2.05. The normalized spacial score (nSPS) is 17.2. The fourth-order valence-corrected chi connectivity index (χ4v) is 1.37. The fraction of sp³-hybridized carbons (Fsp3) is 0.625. The maximum Gasteiger partial charge on any atom is 0.323 e. The van der Waals surface area contributed by atoms with Gasteiger partial charge in [0.1, 0.15) is 19.6 Å². The SMILES string of the molecule is O=C(O)CN1CC(=O)N(CC(O)O)CC1=O. The van der Waals surface area contributed by atoms with E-state index in [9.17, 15) is 14.4 Å². The molecule has 90 valence electrons. The summed E-state index contributed by atoms with van der Waals surface area (Å²) in [5.74, 6) is -2.23. The van der Waals surface area contributed by atoms with E-state index in [4.69, 9.17) is 15.3 Å². The van der Waals surface area contributed by atoms with Gasteiger partial charge in [0, 0.05) is 0 Å². The molecule has 8 nitrogen and oxygen atoms in total. The lowest BCUT2D eigenvalue weighted by Gasteiger charge is -2.33. The van der Waals surface area contributed by atoms with Crippen molar-refractivity contribution in [1.29, 1.82) is 0 Å². The second kappa shape index (κ2) is 4.90. The number of nitrogens with zero attached hydrogens (tertiary/aromatic N) is 2. The molecule has 1 saturated heterocycles. The average Bonchev–Trinajstić information content (AvgIpc) is 2.11. The van der Waals surface area contributed by atoms with Gasteiger partial charge >= 0.3 is 5.97 Å². The van der Waals surface area contributed by atoms with Gasteiger partial charge in [-0.1, -0.05) is 0 Å². The smallest absolute Gasteiger partial charge is 0.323 e. The number of aliphatic hydroxyl groups is 2. The number of piperazine rings is 1. The first kappa shape index (κ1) is 12.4. The minimum absolute atomic E-state index is 0.330. The zero-order valence-electron chi connectivity index (χ0n) is 8.37. The predicted octanol–water partition coefficient (Wildman–Crippen LogP) is -2.95. The first-order chi connectivity index (χ1) is 7.40.